The largest absolute Gasteiger partial charge is 0.383 e. The van der Waals surface area contributed by atoms with Crippen LogP contribution in [0.1, 0.15) is 18.5 Å². The third-order valence-electron chi connectivity index (χ3n) is 2.80. The van der Waals surface area contributed by atoms with E-state index < -0.39 is 0 Å². The van der Waals surface area contributed by atoms with Gasteiger partial charge in [0.25, 0.3) is 0 Å². The molecule has 0 bridgehead atoms. The zero-order valence-electron chi connectivity index (χ0n) is 8.62. The fraction of sp³-hybridized carbons (Fsp3) is 0.600. The SMILES string of the molecule is Nc1cc(CCC2CCNC2)[nH]c(=O)n1. The molecule has 1 aliphatic rings. The molecule has 1 aromatic rings. The van der Waals surface area contributed by atoms with Crippen molar-refractivity contribution in [1.82, 2.24) is 15.3 Å². The molecule has 82 valence electrons. The van der Waals surface area contributed by atoms with Gasteiger partial charge in [0.2, 0.25) is 0 Å². The summed E-state index contributed by atoms with van der Waals surface area (Å²) in [6.45, 7) is 2.20. The minimum absolute atomic E-state index is 0.304. The molecule has 0 amide bonds. The van der Waals surface area contributed by atoms with Gasteiger partial charge in [0.15, 0.2) is 0 Å². The van der Waals surface area contributed by atoms with Crippen molar-refractivity contribution in [1.29, 1.82) is 0 Å². The maximum absolute atomic E-state index is 11.0. The van der Waals surface area contributed by atoms with Gasteiger partial charge in [-0.05, 0) is 44.3 Å². The zero-order chi connectivity index (χ0) is 10.7. The van der Waals surface area contributed by atoms with Crippen molar-refractivity contribution in [3.63, 3.8) is 0 Å². The summed E-state index contributed by atoms with van der Waals surface area (Å²) >= 11 is 0. The Morgan fingerprint density at radius 1 is 1.60 bits per heavy atom. The molecule has 0 spiro atoms. The number of aryl methyl sites for hydroxylation is 1. The van der Waals surface area contributed by atoms with Crippen molar-refractivity contribution in [3.8, 4) is 0 Å². The topological polar surface area (TPSA) is 83.8 Å². The summed E-state index contributed by atoms with van der Waals surface area (Å²) in [5.41, 5.74) is 6.04. The first-order chi connectivity index (χ1) is 7.24. The highest BCUT2D eigenvalue weighted by Gasteiger charge is 2.14. The number of aromatic nitrogens is 2. The highest BCUT2D eigenvalue weighted by molar-refractivity contribution is 5.27. The van der Waals surface area contributed by atoms with Crippen molar-refractivity contribution in [3.05, 3.63) is 22.2 Å². The van der Waals surface area contributed by atoms with E-state index in [1.807, 2.05) is 0 Å². The maximum Gasteiger partial charge on any atom is 0.347 e. The third kappa shape index (κ3) is 2.79. The summed E-state index contributed by atoms with van der Waals surface area (Å²) in [5.74, 6) is 1.03. The summed E-state index contributed by atoms with van der Waals surface area (Å²) in [5, 5.41) is 3.32. The van der Waals surface area contributed by atoms with E-state index in [1.54, 1.807) is 6.07 Å². The second-order valence-corrected chi connectivity index (χ2v) is 4.03. The molecule has 1 saturated heterocycles. The first-order valence-corrected chi connectivity index (χ1v) is 5.30. The van der Waals surface area contributed by atoms with Crippen molar-refractivity contribution in [2.45, 2.75) is 19.3 Å². The lowest BCUT2D eigenvalue weighted by Crippen LogP contribution is -2.16. The van der Waals surface area contributed by atoms with E-state index >= 15 is 0 Å². The minimum Gasteiger partial charge on any atom is -0.383 e. The highest BCUT2D eigenvalue weighted by Crippen LogP contribution is 2.14. The Hall–Kier alpha value is -1.36. The molecule has 15 heavy (non-hydrogen) atoms. The predicted octanol–water partition coefficient (Wildman–Crippen LogP) is -0.106. The Kier molecular flexibility index (Phi) is 3.01. The van der Waals surface area contributed by atoms with Gasteiger partial charge in [-0.15, -0.1) is 0 Å². The van der Waals surface area contributed by atoms with Crippen molar-refractivity contribution >= 4 is 5.82 Å². The van der Waals surface area contributed by atoms with E-state index in [-0.39, 0.29) is 5.69 Å². The number of rotatable bonds is 3. The van der Waals surface area contributed by atoms with Crippen LogP contribution in [0.4, 0.5) is 5.82 Å². The van der Waals surface area contributed by atoms with E-state index in [9.17, 15) is 4.79 Å². The number of hydrogen-bond acceptors (Lipinski definition) is 4. The molecule has 1 fully saturated rings. The Morgan fingerprint density at radius 3 is 3.13 bits per heavy atom. The molecule has 0 aliphatic carbocycles. The lowest BCUT2D eigenvalue weighted by atomic mass is 10.0. The van der Waals surface area contributed by atoms with Crippen LogP contribution in [-0.2, 0) is 6.42 Å². The van der Waals surface area contributed by atoms with Crippen LogP contribution >= 0.6 is 0 Å². The summed E-state index contributed by atoms with van der Waals surface area (Å²) in [7, 11) is 0. The number of nitrogen functional groups attached to an aromatic ring is 1. The van der Waals surface area contributed by atoms with E-state index in [1.165, 1.54) is 6.42 Å². The van der Waals surface area contributed by atoms with Gasteiger partial charge in [-0.25, -0.2) is 4.79 Å². The Bertz CT molecular complexity index is 381. The summed E-state index contributed by atoms with van der Waals surface area (Å²) < 4.78 is 0. The average molecular weight is 208 g/mol. The van der Waals surface area contributed by atoms with Gasteiger partial charge in [0, 0.05) is 5.69 Å². The van der Waals surface area contributed by atoms with Gasteiger partial charge >= 0.3 is 5.69 Å². The molecule has 5 heteroatoms. The highest BCUT2D eigenvalue weighted by atomic mass is 16.1. The molecule has 0 radical (unpaired) electrons. The molecule has 2 heterocycles. The van der Waals surface area contributed by atoms with Gasteiger partial charge in [-0.2, -0.15) is 4.98 Å². The summed E-state index contributed by atoms with van der Waals surface area (Å²) in [4.78, 5) is 17.3. The van der Waals surface area contributed by atoms with Gasteiger partial charge in [0.1, 0.15) is 5.82 Å². The monoisotopic (exact) mass is 208 g/mol. The van der Waals surface area contributed by atoms with Crippen LogP contribution in [-0.4, -0.2) is 23.1 Å². The van der Waals surface area contributed by atoms with Gasteiger partial charge in [-0.3, -0.25) is 0 Å². The average Bonchev–Trinajstić information content (AvgIpc) is 2.65. The fourth-order valence-electron chi connectivity index (χ4n) is 1.98. The van der Waals surface area contributed by atoms with Crippen LogP contribution in [0.5, 0.6) is 0 Å². The number of nitrogens with two attached hydrogens (primary N) is 1. The first-order valence-electron chi connectivity index (χ1n) is 5.30. The van der Waals surface area contributed by atoms with E-state index in [2.05, 4.69) is 15.3 Å². The van der Waals surface area contributed by atoms with Crippen LogP contribution in [0.15, 0.2) is 10.9 Å². The molecular weight excluding hydrogens is 192 g/mol. The van der Waals surface area contributed by atoms with Crippen LogP contribution in [0, 0.1) is 5.92 Å². The number of nitrogens with one attached hydrogen (secondary N) is 2. The van der Waals surface area contributed by atoms with Crippen molar-refractivity contribution < 1.29 is 0 Å². The summed E-state index contributed by atoms with van der Waals surface area (Å²) in [6, 6.07) is 1.74. The number of H-pyrrole nitrogens is 1. The minimum atomic E-state index is -0.352. The van der Waals surface area contributed by atoms with Crippen LogP contribution in [0.3, 0.4) is 0 Å². The lowest BCUT2D eigenvalue weighted by molar-refractivity contribution is 0.528. The molecule has 4 N–H and O–H groups in total. The second-order valence-electron chi connectivity index (χ2n) is 4.03. The van der Waals surface area contributed by atoms with Crippen LogP contribution < -0.4 is 16.7 Å². The molecule has 1 aliphatic heterocycles. The molecule has 1 aromatic heterocycles. The zero-order valence-corrected chi connectivity index (χ0v) is 8.62. The van der Waals surface area contributed by atoms with E-state index in [4.69, 9.17) is 5.73 Å². The molecule has 0 saturated carbocycles. The molecule has 5 nitrogen and oxygen atoms in total. The van der Waals surface area contributed by atoms with Gasteiger partial charge in [-0.1, -0.05) is 0 Å². The normalized spacial score (nSPS) is 20.7. The standard InChI is InChI=1S/C10H16N4O/c11-9-5-8(13-10(15)14-9)2-1-7-3-4-12-6-7/h5,7,12H,1-4,6H2,(H3,11,13,14,15). The third-order valence-corrected chi connectivity index (χ3v) is 2.80. The molecule has 2 rings (SSSR count). The van der Waals surface area contributed by atoms with Crippen molar-refractivity contribution in [2.75, 3.05) is 18.8 Å². The Labute approximate surface area is 88.1 Å². The van der Waals surface area contributed by atoms with Gasteiger partial charge < -0.3 is 16.0 Å². The predicted molar refractivity (Wildman–Crippen MR) is 58.6 cm³/mol. The molecule has 0 aromatic carbocycles. The smallest absolute Gasteiger partial charge is 0.347 e. The van der Waals surface area contributed by atoms with E-state index in [0.29, 0.717) is 5.82 Å². The number of hydrogen-bond donors (Lipinski definition) is 3. The first kappa shape index (κ1) is 10.2. The van der Waals surface area contributed by atoms with E-state index in [0.717, 1.165) is 37.5 Å². The second kappa shape index (κ2) is 4.44. The van der Waals surface area contributed by atoms with Gasteiger partial charge in [0.05, 0.1) is 0 Å². The number of nitrogens with zero attached hydrogens (tertiary/aromatic N) is 1. The summed E-state index contributed by atoms with van der Waals surface area (Å²) in [6.07, 6.45) is 3.19. The molecular formula is C10H16N4O. The maximum atomic E-state index is 11.0. The van der Waals surface area contributed by atoms with Crippen molar-refractivity contribution in [2.24, 2.45) is 5.92 Å². The Balaban J connectivity index is 1.95. The number of aromatic amines is 1. The van der Waals surface area contributed by atoms with Crippen LogP contribution in [0.2, 0.25) is 0 Å². The number of anilines is 1. The molecule has 1 unspecified atom stereocenters. The quantitative estimate of drug-likeness (QED) is 0.647. The molecule has 1 atom stereocenters. The Morgan fingerprint density at radius 2 is 2.47 bits per heavy atom. The fourth-order valence-corrected chi connectivity index (χ4v) is 1.98. The van der Waals surface area contributed by atoms with Crippen LogP contribution in [0.25, 0.3) is 0 Å². The lowest BCUT2D eigenvalue weighted by Gasteiger charge is -2.07.